The van der Waals surface area contributed by atoms with Crippen LogP contribution in [0, 0.1) is 5.82 Å². The summed E-state index contributed by atoms with van der Waals surface area (Å²) in [5, 5.41) is 0. The Morgan fingerprint density at radius 1 is 1.12 bits per heavy atom. The molecule has 0 bridgehead atoms. The molecule has 0 aromatic heterocycles. The lowest BCUT2D eigenvalue weighted by Gasteiger charge is -2.18. The number of carbonyl (C=O) groups excluding carboxylic acids is 3. The lowest BCUT2D eigenvalue weighted by Crippen LogP contribution is -2.45. The fourth-order valence-corrected chi connectivity index (χ4v) is 2.55. The Kier molecular flexibility index (Phi) is 4.22. The smallest absolute Gasteiger partial charge is 0.262 e. The van der Waals surface area contributed by atoms with E-state index in [4.69, 9.17) is 10.5 Å². The third kappa shape index (κ3) is 3.08. The summed E-state index contributed by atoms with van der Waals surface area (Å²) in [6, 6.07) is 9.29. The van der Waals surface area contributed by atoms with Gasteiger partial charge in [0.2, 0.25) is 5.91 Å². The van der Waals surface area contributed by atoms with Gasteiger partial charge in [0, 0.05) is 0 Å². The van der Waals surface area contributed by atoms with Crippen molar-refractivity contribution in [3.63, 3.8) is 0 Å². The van der Waals surface area contributed by atoms with Crippen LogP contribution in [0.5, 0.6) is 5.75 Å². The SMILES string of the molecule is C[C@H](C(N)=O)N1C(=O)c2ccc(OCc3ccc(F)cc3)cc2C1=O. The van der Waals surface area contributed by atoms with Gasteiger partial charge in [0.05, 0.1) is 11.1 Å². The number of hydrogen-bond donors (Lipinski definition) is 1. The molecule has 0 saturated heterocycles. The molecule has 1 heterocycles. The molecule has 3 rings (SSSR count). The summed E-state index contributed by atoms with van der Waals surface area (Å²) in [5.74, 6) is -1.86. The average molecular weight is 342 g/mol. The minimum absolute atomic E-state index is 0.162. The number of nitrogens with two attached hydrogens (primary N) is 1. The Bertz CT molecular complexity index is 864. The Hall–Kier alpha value is -3.22. The van der Waals surface area contributed by atoms with Gasteiger partial charge in [-0.3, -0.25) is 19.3 Å². The molecule has 2 N–H and O–H groups in total. The number of rotatable bonds is 5. The molecular weight excluding hydrogens is 327 g/mol. The minimum atomic E-state index is -1.03. The predicted octanol–water partition coefficient (Wildman–Crippen LogP) is 1.87. The molecule has 2 aromatic carbocycles. The van der Waals surface area contributed by atoms with Gasteiger partial charge >= 0.3 is 0 Å². The number of hydrogen-bond acceptors (Lipinski definition) is 4. The molecule has 2 aromatic rings. The number of carbonyl (C=O) groups is 3. The minimum Gasteiger partial charge on any atom is -0.489 e. The van der Waals surface area contributed by atoms with E-state index in [2.05, 4.69) is 0 Å². The van der Waals surface area contributed by atoms with Gasteiger partial charge in [0.15, 0.2) is 0 Å². The fourth-order valence-electron chi connectivity index (χ4n) is 2.55. The van der Waals surface area contributed by atoms with Crippen LogP contribution in [0.1, 0.15) is 33.2 Å². The van der Waals surface area contributed by atoms with Crippen molar-refractivity contribution in [3.05, 3.63) is 65.0 Å². The molecular formula is C18H15FN2O4. The fraction of sp³-hybridized carbons (Fsp3) is 0.167. The van der Waals surface area contributed by atoms with Crippen molar-refractivity contribution in [2.24, 2.45) is 5.73 Å². The first kappa shape index (κ1) is 16.6. The van der Waals surface area contributed by atoms with Crippen molar-refractivity contribution in [2.45, 2.75) is 19.6 Å². The van der Waals surface area contributed by atoms with E-state index in [1.54, 1.807) is 18.2 Å². The zero-order chi connectivity index (χ0) is 18.1. The molecule has 128 valence electrons. The maximum absolute atomic E-state index is 12.9. The molecule has 1 aliphatic heterocycles. The lowest BCUT2D eigenvalue weighted by molar-refractivity contribution is -0.121. The molecule has 3 amide bonds. The first-order chi connectivity index (χ1) is 11.9. The summed E-state index contributed by atoms with van der Waals surface area (Å²) < 4.78 is 18.5. The number of imide groups is 1. The largest absolute Gasteiger partial charge is 0.489 e. The van der Waals surface area contributed by atoms with Crippen LogP contribution in [-0.4, -0.2) is 28.7 Å². The normalized spacial score (nSPS) is 14.4. The summed E-state index contributed by atoms with van der Waals surface area (Å²) in [7, 11) is 0. The van der Waals surface area contributed by atoms with Crippen molar-refractivity contribution in [1.82, 2.24) is 4.90 Å². The Morgan fingerprint density at radius 3 is 2.40 bits per heavy atom. The molecule has 0 spiro atoms. The van der Waals surface area contributed by atoms with E-state index in [0.29, 0.717) is 5.75 Å². The van der Waals surface area contributed by atoms with Crippen molar-refractivity contribution < 1.29 is 23.5 Å². The highest BCUT2D eigenvalue weighted by Crippen LogP contribution is 2.28. The highest BCUT2D eigenvalue weighted by molar-refractivity contribution is 6.22. The van der Waals surface area contributed by atoms with E-state index in [1.165, 1.54) is 31.2 Å². The Labute approximate surface area is 143 Å². The average Bonchev–Trinajstić information content (AvgIpc) is 2.84. The maximum Gasteiger partial charge on any atom is 0.262 e. The van der Waals surface area contributed by atoms with Crippen molar-refractivity contribution in [2.75, 3.05) is 0 Å². The molecule has 0 fully saturated rings. The number of nitrogens with zero attached hydrogens (tertiary/aromatic N) is 1. The van der Waals surface area contributed by atoms with E-state index in [0.717, 1.165) is 10.5 Å². The third-order valence-corrected chi connectivity index (χ3v) is 4.01. The number of ether oxygens (including phenoxy) is 1. The van der Waals surface area contributed by atoms with Gasteiger partial charge in [-0.1, -0.05) is 12.1 Å². The van der Waals surface area contributed by atoms with Gasteiger partial charge in [0.1, 0.15) is 24.2 Å². The van der Waals surface area contributed by atoms with Gasteiger partial charge in [-0.05, 0) is 42.8 Å². The molecule has 6 nitrogen and oxygen atoms in total. The first-order valence-electron chi connectivity index (χ1n) is 7.57. The summed E-state index contributed by atoms with van der Waals surface area (Å²) in [6.45, 7) is 1.58. The van der Waals surface area contributed by atoms with E-state index in [-0.39, 0.29) is 23.6 Å². The number of amides is 3. The second-order valence-electron chi connectivity index (χ2n) is 5.68. The predicted molar refractivity (Wildman–Crippen MR) is 86.3 cm³/mol. The second-order valence-corrected chi connectivity index (χ2v) is 5.68. The van der Waals surface area contributed by atoms with Crippen LogP contribution in [0.25, 0.3) is 0 Å². The van der Waals surface area contributed by atoms with Crippen molar-refractivity contribution in [1.29, 1.82) is 0 Å². The Balaban J connectivity index is 1.79. The standard InChI is InChI=1S/C18H15FN2O4/c1-10(16(20)22)21-17(23)14-7-6-13(8-15(14)18(21)24)25-9-11-2-4-12(19)5-3-11/h2-8,10H,9H2,1H3,(H2,20,22)/t10-/m1/s1. The van der Waals surface area contributed by atoms with E-state index in [9.17, 15) is 18.8 Å². The van der Waals surface area contributed by atoms with Crippen LogP contribution in [0.15, 0.2) is 42.5 Å². The zero-order valence-electron chi connectivity index (χ0n) is 13.4. The second kappa shape index (κ2) is 6.35. The van der Waals surface area contributed by atoms with E-state index < -0.39 is 23.8 Å². The molecule has 1 atom stereocenters. The van der Waals surface area contributed by atoms with Crippen LogP contribution in [0.4, 0.5) is 4.39 Å². The lowest BCUT2D eigenvalue weighted by atomic mass is 10.1. The molecule has 25 heavy (non-hydrogen) atoms. The summed E-state index contributed by atoms with van der Waals surface area (Å²) >= 11 is 0. The number of halogens is 1. The summed E-state index contributed by atoms with van der Waals surface area (Å²) in [6.07, 6.45) is 0. The van der Waals surface area contributed by atoms with Crippen LogP contribution in [0.2, 0.25) is 0 Å². The van der Waals surface area contributed by atoms with Gasteiger partial charge in [-0.15, -0.1) is 0 Å². The highest BCUT2D eigenvalue weighted by atomic mass is 19.1. The molecule has 0 unspecified atom stereocenters. The van der Waals surface area contributed by atoms with Crippen molar-refractivity contribution >= 4 is 17.7 Å². The van der Waals surface area contributed by atoms with Crippen LogP contribution >= 0.6 is 0 Å². The first-order valence-corrected chi connectivity index (χ1v) is 7.57. The number of benzene rings is 2. The van der Waals surface area contributed by atoms with Crippen molar-refractivity contribution in [3.8, 4) is 5.75 Å². The molecule has 7 heteroatoms. The number of fused-ring (bicyclic) bond motifs is 1. The number of primary amides is 1. The monoisotopic (exact) mass is 342 g/mol. The maximum atomic E-state index is 12.9. The third-order valence-electron chi connectivity index (χ3n) is 4.01. The molecule has 0 radical (unpaired) electrons. The highest BCUT2D eigenvalue weighted by Gasteiger charge is 2.40. The molecule has 0 aliphatic carbocycles. The van der Waals surface area contributed by atoms with E-state index in [1.807, 2.05) is 0 Å². The van der Waals surface area contributed by atoms with E-state index >= 15 is 0 Å². The van der Waals surface area contributed by atoms with Gasteiger partial charge in [-0.2, -0.15) is 0 Å². The zero-order valence-corrected chi connectivity index (χ0v) is 13.4. The summed E-state index contributed by atoms with van der Waals surface area (Å²) in [4.78, 5) is 36.9. The summed E-state index contributed by atoms with van der Waals surface area (Å²) in [5.41, 5.74) is 6.31. The van der Waals surface area contributed by atoms with Crippen LogP contribution < -0.4 is 10.5 Å². The van der Waals surface area contributed by atoms with Gasteiger partial charge in [-0.25, -0.2) is 4.39 Å². The van der Waals surface area contributed by atoms with Gasteiger partial charge < -0.3 is 10.5 Å². The van der Waals surface area contributed by atoms with Gasteiger partial charge in [0.25, 0.3) is 11.8 Å². The molecule has 1 aliphatic rings. The van der Waals surface area contributed by atoms with Crippen LogP contribution in [-0.2, 0) is 11.4 Å². The quantitative estimate of drug-likeness (QED) is 0.840. The Morgan fingerprint density at radius 2 is 1.76 bits per heavy atom. The molecule has 0 saturated carbocycles. The topological polar surface area (TPSA) is 89.7 Å². The van der Waals surface area contributed by atoms with Crippen LogP contribution in [0.3, 0.4) is 0 Å².